The second kappa shape index (κ2) is 8.29. The van der Waals surface area contributed by atoms with Crippen molar-refractivity contribution >= 4 is 55.7 Å². The lowest BCUT2D eigenvalue weighted by Crippen LogP contribution is -1.84. The monoisotopic (exact) mass is 472 g/mol. The van der Waals surface area contributed by atoms with Crippen LogP contribution < -0.4 is 0 Å². The number of hydrogen-bond donors (Lipinski definition) is 2. The smallest absolute Gasteiger partial charge is 0.138 e. The van der Waals surface area contributed by atoms with Crippen molar-refractivity contribution < 1.29 is 10.2 Å². The number of aliphatic imine (C=N–C) groups is 2. The van der Waals surface area contributed by atoms with Crippen molar-refractivity contribution in [1.82, 2.24) is 0 Å². The average molecular weight is 474 g/mol. The summed E-state index contributed by atoms with van der Waals surface area (Å²) in [6.07, 6.45) is 3.18. The van der Waals surface area contributed by atoms with Crippen LogP contribution in [0.15, 0.2) is 79.6 Å². The minimum atomic E-state index is 0.135. The maximum atomic E-state index is 10.1. The van der Waals surface area contributed by atoms with Crippen LogP contribution in [0.25, 0.3) is 0 Å². The molecule has 0 aliphatic heterocycles. The zero-order chi connectivity index (χ0) is 18.5. The molecule has 26 heavy (non-hydrogen) atoms. The lowest BCUT2D eigenvalue weighted by Gasteiger charge is -2.03. The zero-order valence-corrected chi connectivity index (χ0v) is 16.6. The highest BCUT2D eigenvalue weighted by atomic mass is 79.9. The van der Waals surface area contributed by atoms with Crippen LogP contribution in [0.3, 0.4) is 0 Å². The number of phenols is 2. The highest BCUT2D eigenvalue weighted by Crippen LogP contribution is 2.31. The van der Waals surface area contributed by atoms with Gasteiger partial charge in [-0.15, -0.1) is 0 Å². The summed E-state index contributed by atoms with van der Waals surface area (Å²) in [6, 6.07) is 18.1. The quantitative estimate of drug-likeness (QED) is 0.448. The number of phenolic OH excluding ortho intramolecular Hbond substituents is 2. The van der Waals surface area contributed by atoms with Crippen LogP contribution in [0.2, 0.25) is 0 Å². The molecule has 0 aromatic heterocycles. The molecule has 6 heteroatoms. The largest absolute Gasteiger partial charge is 0.506 e. The molecule has 3 aromatic carbocycles. The second-order valence-electron chi connectivity index (χ2n) is 5.36. The minimum Gasteiger partial charge on any atom is -0.506 e. The number of halogens is 2. The molecule has 0 saturated heterocycles. The lowest BCUT2D eigenvalue weighted by atomic mass is 10.2. The van der Waals surface area contributed by atoms with Crippen molar-refractivity contribution in [2.45, 2.75) is 0 Å². The molecule has 0 fully saturated rings. The molecule has 0 radical (unpaired) electrons. The molecule has 0 bridgehead atoms. The van der Waals surface area contributed by atoms with Gasteiger partial charge in [-0.2, -0.15) is 0 Å². The first-order chi connectivity index (χ1) is 12.6. The summed E-state index contributed by atoms with van der Waals surface area (Å²) in [5.74, 6) is 0.271. The Balaban J connectivity index is 1.91. The molecule has 3 aromatic rings. The van der Waals surface area contributed by atoms with E-state index in [1.54, 1.807) is 36.7 Å². The van der Waals surface area contributed by atoms with E-state index in [2.05, 4.69) is 41.8 Å². The third kappa shape index (κ3) is 4.20. The van der Waals surface area contributed by atoms with Gasteiger partial charge < -0.3 is 10.2 Å². The summed E-state index contributed by atoms with van der Waals surface area (Å²) in [5.41, 5.74) is 2.50. The van der Waals surface area contributed by atoms with Crippen molar-refractivity contribution in [3.05, 3.63) is 80.7 Å². The first kappa shape index (κ1) is 18.4. The van der Waals surface area contributed by atoms with E-state index in [0.29, 0.717) is 31.4 Å². The number of para-hydroxylation sites is 4. The predicted octanol–water partition coefficient (Wildman–Crippen LogP) is 6.12. The van der Waals surface area contributed by atoms with Crippen LogP contribution in [0.4, 0.5) is 11.4 Å². The molecule has 2 N–H and O–H groups in total. The first-order valence-corrected chi connectivity index (χ1v) is 9.27. The summed E-state index contributed by atoms with van der Waals surface area (Å²) in [4.78, 5) is 8.88. The SMILES string of the molecule is Oc1c(Br)cccc1C=Nc1ccccc1N=Cc1cccc(Br)c1O. The summed E-state index contributed by atoms with van der Waals surface area (Å²) < 4.78 is 1.22. The number of hydrogen-bond acceptors (Lipinski definition) is 4. The van der Waals surface area contributed by atoms with Crippen molar-refractivity contribution in [2.75, 3.05) is 0 Å². The molecule has 4 nitrogen and oxygen atoms in total. The van der Waals surface area contributed by atoms with E-state index in [9.17, 15) is 10.2 Å². The normalized spacial score (nSPS) is 11.5. The van der Waals surface area contributed by atoms with Gasteiger partial charge in [-0.05, 0) is 68.3 Å². The van der Waals surface area contributed by atoms with Gasteiger partial charge in [0.1, 0.15) is 11.5 Å². The fraction of sp³-hybridized carbons (Fsp3) is 0. The molecule has 0 aliphatic carbocycles. The van der Waals surface area contributed by atoms with Crippen molar-refractivity contribution in [2.24, 2.45) is 9.98 Å². The molecular weight excluding hydrogens is 460 g/mol. The predicted molar refractivity (Wildman–Crippen MR) is 113 cm³/mol. The Morgan fingerprint density at radius 2 is 1.04 bits per heavy atom. The van der Waals surface area contributed by atoms with Gasteiger partial charge in [0.2, 0.25) is 0 Å². The van der Waals surface area contributed by atoms with E-state index in [1.165, 1.54) is 0 Å². The summed E-state index contributed by atoms with van der Waals surface area (Å²) in [7, 11) is 0. The number of benzene rings is 3. The summed E-state index contributed by atoms with van der Waals surface area (Å²) in [6.45, 7) is 0. The Kier molecular flexibility index (Phi) is 5.85. The zero-order valence-electron chi connectivity index (χ0n) is 13.5. The fourth-order valence-corrected chi connectivity index (χ4v) is 3.00. The van der Waals surface area contributed by atoms with E-state index in [4.69, 9.17) is 0 Å². The summed E-state index contributed by atoms with van der Waals surface area (Å²) in [5, 5.41) is 20.1. The number of nitrogens with zero attached hydrogens (tertiary/aromatic N) is 2. The van der Waals surface area contributed by atoms with E-state index < -0.39 is 0 Å². The number of aromatic hydroxyl groups is 2. The van der Waals surface area contributed by atoms with Gasteiger partial charge in [-0.25, -0.2) is 0 Å². The van der Waals surface area contributed by atoms with Gasteiger partial charge >= 0.3 is 0 Å². The molecule has 0 unspecified atom stereocenters. The van der Waals surface area contributed by atoms with Gasteiger partial charge in [0.25, 0.3) is 0 Å². The van der Waals surface area contributed by atoms with E-state index in [-0.39, 0.29) is 11.5 Å². The molecule has 0 spiro atoms. The molecule has 0 aliphatic rings. The van der Waals surface area contributed by atoms with E-state index in [1.807, 2.05) is 36.4 Å². The molecule has 130 valence electrons. The van der Waals surface area contributed by atoms with Gasteiger partial charge in [0, 0.05) is 23.6 Å². The molecule has 0 atom stereocenters. The summed E-state index contributed by atoms with van der Waals surface area (Å²) >= 11 is 6.57. The highest BCUT2D eigenvalue weighted by molar-refractivity contribution is 9.10. The average Bonchev–Trinajstić information content (AvgIpc) is 2.65. The van der Waals surface area contributed by atoms with E-state index in [0.717, 1.165) is 0 Å². The Labute approximate surface area is 167 Å². The van der Waals surface area contributed by atoms with Crippen LogP contribution in [-0.4, -0.2) is 22.6 Å². The third-order valence-electron chi connectivity index (χ3n) is 3.60. The van der Waals surface area contributed by atoms with Crippen LogP contribution in [0, 0.1) is 0 Å². The van der Waals surface area contributed by atoms with Gasteiger partial charge in [-0.1, -0.05) is 24.3 Å². The maximum Gasteiger partial charge on any atom is 0.138 e. The standard InChI is InChI=1S/C20H14Br2N2O2/c21-15-7-3-5-13(19(15)25)11-23-17-9-1-2-10-18(17)24-12-14-6-4-8-16(22)20(14)26/h1-12,25-26H. The Morgan fingerprint density at radius 1 is 0.615 bits per heavy atom. The van der Waals surface area contributed by atoms with E-state index >= 15 is 0 Å². The van der Waals surface area contributed by atoms with Gasteiger partial charge in [0.05, 0.1) is 20.3 Å². The topological polar surface area (TPSA) is 65.2 Å². The van der Waals surface area contributed by atoms with Crippen molar-refractivity contribution in [3.63, 3.8) is 0 Å². The van der Waals surface area contributed by atoms with Crippen LogP contribution >= 0.6 is 31.9 Å². The van der Waals surface area contributed by atoms with Crippen molar-refractivity contribution in [3.8, 4) is 11.5 Å². The second-order valence-corrected chi connectivity index (χ2v) is 7.07. The Morgan fingerprint density at radius 3 is 1.46 bits per heavy atom. The maximum absolute atomic E-state index is 10.1. The van der Waals surface area contributed by atoms with Crippen LogP contribution in [-0.2, 0) is 0 Å². The molecule has 0 amide bonds. The minimum absolute atomic E-state index is 0.135. The third-order valence-corrected chi connectivity index (χ3v) is 4.88. The first-order valence-electron chi connectivity index (χ1n) is 7.68. The molecule has 0 saturated carbocycles. The Hall–Kier alpha value is -2.44. The fourth-order valence-electron chi connectivity index (χ4n) is 2.23. The molecule has 3 rings (SSSR count). The lowest BCUT2D eigenvalue weighted by molar-refractivity contribution is 0.470. The molecular formula is C20H14Br2N2O2. The van der Waals surface area contributed by atoms with Crippen LogP contribution in [0.1, 0.15) is 11.1 Å². The molecule has 0 heterocycles. The number of rotatable bonds is 4. The van der Waals surface area contributed by atoms with Gasteiger partial charge in [-0.3, -0.25) is 9.98 Å². The van der Waals surface area contributed by atoms with Gasteiger partial charge in [0.15, 0.2) is 0 Å². The van der Waals surface area contributed by atoms with Crippen molar-refractivity contribution in [1.29, 1.82) is 0 Å². The van der Waals surface area contributed by atoms with Crippen LogP contribution in [0.5, 0.6) is 11.5 Å². The Bertz CT molecular complexity index is 920. The highest BCUT2D eigenvalue weighted by Gasteiger charge is 2.04.